The third-order valence-corrected chi connectivity index (χ3v) is 3.30. The molecule has 0 atom stereocenters. The summed E-state index contributed by atoms with van der Waals surface area (Å²) in [4.78, 5) is 4.46. The van der Waals surface area contributed by atoms with Crippen LogP contribution in [-0.2, 0) is 0 Å². The van der Waals surface area contributed by atoms with Crippen LogP contribution in [0.15, 0.2) is 63.2 Å². The Morgan fingerprint density at radius 2 is 2.06 bits per heavy atom. The average molecular weight is 257 g/mol. The predicted molar refractivity (Wildman–Crippen MR) is 74.4 cm³/mol. The molecule has 0 spiro atoms. The minimum absolute atomic E-state index is 0.756. The number of furan rings is 1. The lowest BCUT2D eigenvalue weighted by atomic mass is 10.3. The third-order valence-electron chi connectivity index (χ3n) is 2.42. The molecule has 0 unspecified atom stereocenters. The smallest absolute Gasteiger partial charge is 0.182 e. The molecule has 3 rings (SSSR count). The Morgan fingerprint density at radius 3 is 2.72 bits per heavy atom. The zero-order valence-corrected chi connectivity index (χ0v) is 10.4. The van der Waals surface area contributed by atoms with Crippen molar-refractivity contribution in [2.45, 2.75) is 0 Å². The zero-order valence-electron chi connectivity index (χ0n) is 9.54. The highest BCUT2D eigenvalue weighted by Crippen LogP contribution is 2.18. The number of nitrogens with one attached hydrogen (secondary N) is 1. The van der Waals surface area contributed by atoms with E-state index >= 15 is 0 Å². The molecule has 0 saturated carbocycles. The number of benzene rings is 1. The van der Waals surface area contributed by atoms with Crippen LogP contribution in [0.1, 0.15) is 5.76 Å². The lowest BCUT2D eigenvalue weighted by Crippen LogP contribution is -2.24. The topological polar surface area (TPSA) is 49.9 Å². The molecule has 90 valence electrons. The molecule has 1 N–H and O–H groups in total. The number of hydrogen-bond acceptors (Lipinski definition) is 4. The van der Waals surface area contributed by atoms with Crippen LogP contribution < -0.4 is 5.43 Å². The lowest BCUT2D eigenvalue weighted by molar-refractivity contribution is 0.556. The van der Waals surface area contributed by atoms with E-state index in [0.29, 0.717) is 0 Å². The van der Waals surface area contributed by atoms with Gasteiger partial charge in [0, 0.05) is 5.75 Å². The van der Waals surface area contributed by atoms with E-state index in [1.807, 2.05) is 42.5 Å². The molecule has 1 aromatic carbocycles. The first-order chi connectivity index (χ1) is 8.92. The normalized spacial score (nSPS) is 17.3. The second-order valence-electron chi connectivity index (χ2n) is 3.69. The second-order valence-corrected chi connectivity index (χ2v) is 4.65. The number of aliphatic imine (C=N–C) groups is 1. The molecular weight excluding hydrogens is 246 g/mol. The van der Waals surface area contributed by atoms with Crippen molar-refractivity contribution < 1.29 is 4.42 Å². The van der Waals surface area contributed by atoms with Gasteiger partial charge in [-0.3, -0.25) is 5.43 Å². The summed E-state index contributed by atoms with van der Waals surface area (Å²) < 4.78 is 5.30. The fraction of sp³-hybridized carbons (Fsp3) is 0.0769. The maximum absolute atomic E-state index is 5.30. The van der Waals surface area contributed by atoms with Gasteiger partial charge in [0.2, 0.25) is 0 Å². The summed E-state index contributed by atoms with van der Waals surface area (Å²) in [5.41, 5.74) is 4.77. The van der Waals surface area contributed by atoms with Crippen LogP contribution >= 0.6 is 11.8 Å². The zero-order chi connectivity index (χ0) is 12.2. The number of amidine groups is 1. The van der Waals surface area contributed by atoms with Crippen molar-refractivity contribution in [3.05, 3.63) is 54.5 Å². The van der Waals surface area contributed by atoms with E-state index in [1.54, 1.807) is 18.0 Å². The summed E-state index contributed by atoms with van der Waals surface area (Å²) in [7, 11) is 0. The Morgan fingerprint density at radius 1 is 1.17 bits per heavy atom. The Kier molecular flexibility index (Phi) is 3.14. The largest absolute Gasteiger partial charge is 0.463 e. The van der Waals surface area contributed by atoms with Gasteiger partial charge in [0.25, 0.3) is 0 Å². The highest BCUT2D eigenvalue weighted by Gasteiger charge is 2.14. The van der Waals surface area contributed by atoms with Crippen molar-refractivity contribution in [1.29, 1.82) is 0 Å². The van der Waals surface area contributed by atoms with E-state index in [1.165, 1.54) is 0 Å². The Hall–Kier alpha value is -2.01. The number of rotatable bonds is 2. The molecule has 18 heavy (non-hydrogen) atoms. The predicted octanol–water partition coefficient (Wildman–Crippen LogP) is 3.01. The van der Waals surface area contributed by atoms with Crippen LogP contribution in [0.2, 0.25) is 0 Å². The van der Waals surface area contributed by atoms with E-state index in [9.17, 15) is 0 Å². The van der Waals surface area contributed by atoms with Crippen LogP contribution in [-0.4, -0.2) is 16.6 Å². The molecule has 0 amide bonds. The summed E-state index contributed by atoms with van der Waals surface area (Å²) in [5, 5.41) is 5.07. The van der Waals surface area contributed by atoms with Crippen molar-refractivity contribution in [3.63, 3.8) is 0 Å². The van der Waals surface area contributed by atoms with E-state index in [4.69, 9.17) is 4.42 Å². The number of hydrogen-bond donors (Lipinski definition) is 1. The lowest BCUT2D eigenvalue weighted by Gasteiger charge is -2.12. The van der Waals surface area contributed by atoms with Gasteiger partial charge >= 0.3 is 0 Å². The van der Waals surface area contributed by atoms with Gasteiger partial charge in [-0.05, 0) is 24.3 Å². The molecule has 4 nitrogen and oxygen atoms in total. The standard InChI is InChI=1S/C13H11N3OS/c1-2-5-10(6-3-1)14-13-16-15-11(9-18-13)12-7-4-8-17-12/h1-8H,9H2,(H,14,16). The Labute approximate surface area is 109 Å². The Balaban J connectivity index is 1.75. The number of nitrogens with zero attached hydrogens (tertiary/aromatic N) is 2. The highest BCUT2D eigenvalue weighted by atomic mass is 32.2. The van der Waals surface area contributed by atoms with E-state index in [-0.39, 0.29) is 0 Å². The van der Waals surface area contributed by atoms with Crippen molar-refractivity contribution in [1.82, 2.24) is 5.43 Å². The van der Waals surface area contributed by atoms with E-state index in [0.717, 1.165) is 28.1 Å². The van der Waals surface area contributed by atoms with Gasteiger partial charge in [0.15, 0.2) is 10.9 Å². The summed E-state index contributed by atoms with van der Waals surface area (Å²) in [6, 6.07) is 13.6. The average Bonchev–Trinajstić information content (AvgIpc) is 2.95. The SMILES string of the molecule is c1ccc(N=C2NN=C(c3ccco3)CS2)cc1. The maximum atomic E-state index is 5.30. The van der Waals surface area contributed by atoms with Crippen molar-refractivity contribution in [3.8, 4) is 0 Å². The molecule has 0 bridgehead atoms. The first-order valence-electron chi connectivity index (χ1n) is 5.55. The van der Waals surface area contributed by atoms with Crippen molar-refractivity contribution in [2.75, 3.05) is 5.75 Å². The van der Waals surface area contributed by atoms with Gasteiger partial charge in [-0.25, -0.2) is 4.99 Å². The highest BCUT2D eigenvalue weighted by molar-refractivity contribution is 8.14. The molecule has 2 heterocycles. The fourth-order valence-corrected chi connectivity index (χ4v) is 2.32. The van der Waals surface area contributed by atoms with Crippen LogP contribution in [0.4, 0.5) is 5.69 Å². The molecule has 0 saturated heterocycles. The monoisotopic (exact) mass is 257 g/mol. The van der Waals surface area contributed by atoms with Gasteiger partial charge in [0.1, 0.15) is 5.71 Å². The fourth-order valence-electron chi connectivity index (χ4n) is 1.56. The molecule has 5 heteroatoms. The van der Waals surface area contributed by atoms with Crippen LogP contribution in [0.3, 0.4) is 0 Å². The van der Waals surface area contributed by atoms with Crippen LogP contribution in [0.5, 0.6) is 0 Å². The van der Waals surface area contributed by atoms with Gasteiger partial charge in [0.05, 0.1) is 12.0 Å². The minimum atomic E-state index is 0.756. The maximum Gasteiger partial charge on any atom is 0.182 e. The van der Waals surface area contributed by atoms with E-state index < -0.39 is 0 Å². The van der Waals surface area contributed by atoms with Crippen molar-refractivity contribution in [2.24, 2.45) is 10.1 Å². The summed E-state index contributed by atoms with van der Waals surface area (Å²) in [6.45, 7) is 0. The molecule has 0 fully saturated rings. The molecule has 0 aliphatic carbocycles. The first-order valence-corrected chi connectivity index (χ1v) is 6.53. The minimum Gasteiger partial charge on any atom is -0.463 e. The molecule has 1 aliphatic heterocycles. The summed E-state index contributed by atoms with van der Waals surface area (Å²) in [5.74, 6) is 1.56. The number of para-hydroxylation sites is 1. The number of hydrazone groups is 1. The summed E-state index contributed by atoms with van der Waals surface area (Å²) in [6.07, 6.45) is 1.65. The van der Waals surface area contributed by atoms with Gasteiger partial charge in [-0.15, -0.1) is 0 Å². The summed E-state index contributed by atoms with van der Waals surface area (Å²) >= 11 is 1.61. The molecule has 2 aromatic rings. The molecular formula is C13H11N3OS. The van der Waals surface area contributed by atoms with E-state index in [2.05, 4.69) is 15.5 Å². The first kappa shape index (κ1) is 11.1. The quantitative estimate of drug-likeness (QED) is 0.899. The number of thioether (sulfide) groups is 1. The van der Waals surface area contributed by atoms with Crippen LogP contribution in [0, 0.1) is 0 Å². The van der Waals surface area contributed by atoms with Crippen molar-refractivity contribution >= 4 is 28.3 Å². The second kappa shape index (κ2) is 5.10. The van der Waals surface area contributed by atoms with Crippen LogP contribution in [0.25, 0.3) is 0 Å². The Bertz CT molecular complexity index is 576. The molecule has 0 radical (unpaired) electrons. The van der Waals surface area contributed by atoms with Gasteiger partial charge < -0.3 is 4.42 Å². The third kappa shape index (κ3) is 2.46. The molecule has 1 aromatic heterocycles. The van der Waals surface area contributed by atoms with Gasteiger partial charge in [-0.2, -0.15) is 5.10 Å². The van der Waals surface area contributed by atoms with Gasteiger partial charge in [-0.1, -0.05) is 30.0 Å². The molecule has 1 aliphatic rings.